The lowest BCUT2D eigenvalue weighted by Gasteiger charge is -2.39. The molecule has 1 aliphatic carbocycles. The largest absolute Gasteiger partial charge is 0.406 e. The number of aromatic nitrogens is 1. The monoisotopic (exact) mass is 438 g/mol. The first-order valence-electron chi connectivity index (χ1n) is 9.01. The fraction of sp³-hybridized carbons (Fsp3) is 0.526. The molecule has 4 nitrogen and oxygen atoms in total. The van der Waals surface area contributed by atoms with Gasteiger partial charge in [0.2, 0.25) is 0 Å². The van der Waals surface area contributed by atoms with Crippen molar-refractivity contribution >= 4 is 28.4 Å². The summed E-state index contributed by atoms with van der Waals surface area (Å²) in [5.41, 5.74) is -1.80. The minimum Gasteiger partial charge on any atom is -0.388 e. The maximum absolute atomic E-state index is 13.8. The number of amides is 1. The number of rotatable bonds is 4. The average molecular weight is 439 g/mol. The molecule has 1 aliphatic rings. The SMILES string of the molecule is CC1CC(F)(F)CC(O)(CNC(=O)c2cn(CC(F)(F)F)c3cccc(Cl)c23)C1. The van der Waals surface area contributed by atoms with Crippen molar-refractivity contribution in [3.05, 3.63) is 35.0 Å². The van der Waals surface area contributed by atoms with Gasteiger partial charge in [-0.05, 0) is 24.5 Å². The molecule has 3 rings (SSSR count). The van der Waals surface area contributed by atoms with E-state index in [9.17, 15) is 31.9 Å². The fourth-order valence-electron chi connectivity index (χ4n) is 4.14. The van der Waals surface area contributed by atoms with E-state index in [2.05, 4.69) is 5.32 Å². The second-order valence-electron chi connectivity index (χ2n) is 7.87. The summed E-state index contributed by atoms with van der Waals surface area (Å²) < 4.78 is 67.1. The van der Waals surface area contributed by atoms with Crippen molar-refractivity contribution in [1.29, 1.82) is 0 Å². The summed E-state index contributed by atoms with van der Waals surface area (Å²) in [4.78, 5) is 12.7. The summed E-state index contributed by atoms with van der Waals surface area (Å²) in [6.45, 7) is -0.169. The lowest BCUT2D eigenvalue weighted by atomic mass is 9.76. The standard InChI is InChI=1S/C19H20ClF5N2O2/c1-11-5-17(29,8-18(21,22)6-11)9-26-16(28)12-7-27(10-19(23,24)25)14-4-2-3-13(20)15(12)14/h2-4,7,11,29H,5-6,8-10H2,1H3,(H,26,28). The van der Waals surface area contributed by atoms with Gasteiger partial charge in [-0.25, -0.2) is 8.78 Å². The molecule has 1 aromatic carbocycles. The van der Waals surface area contributed by atoms with E-state index in [0.29, 0.717) is 0 Å². The molecule has 160 valence electrons. The van der Waals surface area contributed by atoms with E-state index < -0.39 is 49.0 Å². The zero-order chi connectivity index (χ0) is 21.6. The molecule has 1 amide bonds. The molecule has 1 saturated carbocycles. The highest BCUT2D eigenvalue weighted by Crippen LogP contribution is 2.42. The molecular formula is C19H20ClF5N2O2. The molecule has 0 radical (unpaired) electrons. The molecule has 1 fully saturated rings. The maximum atomic E-state index is 13.8. The highest BCUT2D eigenvalue weighted by Gasteiger charge is 2.47. The number of hydrogen-bond acceptors (Lipinski definition) is 2. The molecule has 2 aromatic rings. The summed E-state index contributed by atoms with van der Waals surface area (Å²) in [5.74, 6) is -4.29. The smallest absolute Gasteiger partial charge is 0.388 e. The van der Waals surface area contributed by atoms with E-state index in [0.717, 1.165) is 10.8 Å². The van der Waals surface area contributed by atoms with Crippen LogP contribution in [-0.4, -0.2) is 39.8 Å². The van der Waals surface area contributed by atoms with E-state index in [1.165, 1.54) is 18.2 Å². The molecule has 2 N–H and O–H groups in total. The number of carbonyl (C=O) groups excluding carboxylic acids is 1. The molecule has 0 bridgehead atoms. The van der Waals surface area contributed by atoms with Gasteiger partial charge in [-0.1, -0.05) is 24.6 Å². The minimum absolute atomic E-state index is 0.0828. The van der Waals surface area contributed by atoms with Crippen LogP contribution in [-0.2, 0) is 6.54 Å². The number of alkyl halides is 5. The first-order chi connectivity index (χ1) is 13.3. The molecule has 0 aliphatic heterocycles. The summed E-state index contributed by atoms with van der Waals surface area (Å²) in [7, 11) is 0. The Morgan fingerprint density at radius 3 is 2.66 bits per heavy atom. The molecule has 29 heavy (non-hydrogen) atoms. The fourth-order valence-corrected chi connectivity index (χ4v) is 4.41. The number of hydrogen-bond donors (Lipinski definition) is 2. The maximum Gasteiger partial charge on any atom is 0.406 e. The van der Waals surface area contributed by atoms with Gasteiger partial charge in [0, 0.05) is 31.0 Å². The van der Waals surface area contributed by atoms with Crippen molar-refractivity contribution in [1.82, 2.24) is 9.88 Å². The Kier molecular flexibility index (Phi) is 5.59. The number of carbonyl (C=O) groups is 1. The second kappa shape index (κ2) is 7.43. The predicted molar refractivity (Wildman–Crippen MR) is 98.2 cm³/mol. The van der Waals surface area contributed by atoms with Crippen molar-refractivity contribution in [2.24, 2.45) is 5.92 Å². The van der Waals surface area contributed by atoms with E-state index >= 15 is 0 Å². The van der Waals surface area contributed by atoms with Crippen molar-refractivity contribution in [2.45, 2.75) is 50.4 Å². The Bertz CT molecular complexity index is 927. The Hall–Kier alpha value is -1.87. The molecule has 1 heterocycles. The number of benzene rings is 1. The molecule has 0 saturated heterocycles. The van der Waals surface area contributed by atoms with Crippen molar-refractivity contribution in [3.63, 3.8) is 0 Å². The third kappa shape index (κ3) is 5.01. The summed E-state index contributed by atoms with van der Waals surface area (Å²) >= 11 is 6.10. The van der Waals surface area contributed by atoms with Gasteiger partial charge in [0.15, 0.2) is 0 Å². The Morgan fingerprint density at radius 2 is 2.03 bits per heavy atom. The van der Waals surface area contributed by atoms with Crippen LogP contribution in [0.3, 0.4) is 0 Å². The van der Waals surface area contributed by atoms with E-state index in [4.69, 9.17) is 11.6 Å². The van der Waals surface area contributed by atoms with Crippen LogP contribution in [0.4, 0.5) is 22.0 Å². The normalized spacial score (nSPS) is 24.6. The zero-order valence-electron chi connectivity index (χ0n) is 15.5. The van der Waals surface area contributed by atoms with Gasteiger partial charge in [0.05, 0.1) is 21.7 Å². The van der Waals surface area contributed by atoms with Crippen LogP contribution in [0.1, 0.15) is 36.5 Å². The van der Waals surface area contributed by atoms with Gasteiger partial charge in [-0.15, -0.1) is 0 Å². The number of aliphatic hydroxyl groups is 1. The van der Waals surface area contributed by atoms with Gasteiger partial charge >= 0.3 is 6.18 Å². The van der Waals surface area contributed by atoms with Gasteiger partial charge in [0.25, 0.3) is 11.8 Å². The van der Waals surface area contributed by atoms with Crippen molar-refractivity contribution < 1.29 is 31.9 Å². The van der Waals surface area contributed by atoms with E-state index in [1.54, 1.807) is 6.92 Å². The van der Waals surface area contributed by atoms with Crippen LogP contribution < -0.4 is 5.32 Å². The third-order valence-electron chi connectivity index (χ3n) is 4.99. The zero-order valence-corrected chi connectivity index (χ0v) is 16.2. The average Bonchev–Trinajstić information content (AvgIpc) is 2.89. The Labute approximate surface area is 168 Å². The Morgan fingerprint density at radius 1 is 1.34 bits per heavy atom. The van der Waals surface area contributed by atoms with Crippen LogP contribution >= 0.6 is 11.6 Å². The molecular weight excluding hydrogens is 419 g/mol. The molecule has 0 spiro atoms. The first-order valence-corrected chi connectivity index (χ1v) is 9.39. The number of fused-ring (bicyclic) bond motifs is 1. The molecule has 2 unspecified atom stereocenters. The number of halogens is 6. The second-order valence-corrected chi connectivity index (χ2v) is 8.28. The number of nitrogens with one attached hydrogen (secondary N) is 1. The first kappa shape index (κ1) is 21.8. The van der Waals surface area contributed by atoms with E-state index in [-0.39, 0.29) is 34.3 Å². The van der Waals surface area contributed by atoms with Gasteiger partial charge in [-0.2, -0.15) is 13.2 Å². The predicted octanol–water partition coefficient (Wildman–Crippen LogP) is 4.77. The van der Waals surface area contributed by atoms with Gasteiger partial charge < -0.3 is 15.0 Å². The van der Waals surface area contributed by atoms with Crippen LogP contribution in [0.2, 0.25) is 5.02 Å². The van der Waals surface area contributed by atoms with Gasteiger partial charge in [-0.3, -0.25) is 4.79 Å². The minimum atomic E-state index is -4.51. The van der Waals surface area contributed by atoms with Crippen LogP contribution in [0.25, 0.3) is 10.9 Å². The topological polar surface area (TPSA) is 54.3 Å². The highest BCUT2D eigenvalue weighted by molar-refractivity contribution is 6.36. The third-order valence-corrected chi connectivity index (χ3v) is 5.31. The molecule has 1 aromatic heterocycles. The van der Waals surface area contributed by atoms with Crippen molar-refractivity contribution in [3.8, 4) is 0 Å². The quantitative estimate of drug-likeness (QED) is 0.675. The molecule has 10 heteroatoms. The van der Waals surface area contributed by atoms with Crippen LogP contribution in [0, 0.1) is 5.92 Å². The van der Waals surface area contributed by atoms with E-state index in [1.807, 2.05) is 0 Å². The lowest BCUT2D eigenvalue weighted by Crippen LogP contribution is -2.51. The van der Waals surface area contributed by atoms with Crippen LogP contribution in [0.5, 0.6) is 0 Å². The highest BCUT2D eigenvalue weighted by atomic mass is 35.5. The Balaban J connectivity index is 1.86. The number of nitrogens with zero attached hydrogens (tertiary/aromatic N) is 1. The summed E-state index contributed by atoms with van der Waals surface area (Å²) in [6, 6.07) is 4.31. The summed E-state index contributed by atoms with van der Waals surface area (Å²) in [5, 5.41) is 13.1. The van der Waals surface area contributed by atoms with Gasteiger partial charge in [0.1, 0.15) is 6.54 Å². The van der Waals surface area contributed by atoms with Crippen molar-refractivity contribution in [2.75, 3.05) is 6.54 Å². The summed E-state index contributed by atoms with van der Waals surface area (Å²) in [6.07, 6.45) is -4.53. The lowest BCUT2D eigenvalue weighted by molar-refractivity contribution is -0.140. The van der Waals surface area contributed by atoms with Crippen LogP contribution in [0.15, 0.2) is 24.4 Å². The molecule has 2 atom stereocenters.